The fourth-order valence-corrected chi connectivity index (χ4v) is 2.45. The van der Waals surface area contributed by atoms with Gasteiger partial charge in [-0.2, -0.15) is 0 Å². The molecule has 0 aliphatic rings. The quantitative estimate of drug-likeness (QED) is 0.530. The second-order valence-electron chi connectivity index (χ2n) is 6.10. The first kappa shape index (κ1) is 19.2. The minimum absolute atomic E-state index is 0.0148. The summed E-state index contributed by atoms with van der Waals surface area (Å²) in [5, 5.41) is 5.66. The third-order valence-electron chi connectivity index (χ3n) is 3.84. The van der Waals surface area contributed by atoms with Gasteiger partial charge in [0.2, 0.25) is 5.96 Å². The molecule has 0 atom stereocenters. The number of aliphatic imine (C=N–C) groups is 1. The zero-order valence-electron chi connectivity index (χ0n) is 15.1. The topological polar surface area (TPSA) is 66.4 Å². The summed E-state index contributed by atoms with van der Waals surface area (Å²) >= 11 is 0. The molecule has 3 rings (SSSR count). The summed E-state index contributed by atoms with van der Waals surface area (Å²) in [5.74, 6) is -2.53. The van der Waals surface area contributed by atoms with Gasteiger partial charge in [0.05, 0.1) is 6.54 Å². The molecule has 0 fully saturated rings. The van der Waals surface area contributed by atoms with Crippen LogP contribution in [0.5, 0.6) is 0 Å². The Morgan fingerprint density at radius 1 is 1.07 bits per heavy atom. The van der Waals surface area contributed by atoms with Crippen molar-refractivity contribution in [2.45, 2.75) is 13.5 Å². The SMILES string of the molecule is Cc1cccc(NC(=NCc2cccnc2)NC(=O)c2ccc(F)c(F)c2)c1. The van der Waals surface area contributed by atoms with Crippen LogP contribution in [0.3, 0.4) is 0 Å². The van der Waals surface area contributed by atoms with Crippen LogP contribution in [0.15, 0.2) is 72.0 Å². The zero-order valence-corrected chi connectivity index (χ0v) is 15.1. The van der Waals surface area contributed by atoms with Gasteiger partial charge in [0.15, 0.2) is 11.6 Å². The van der Waals surface area contributed by atoms with Crippen LogP contribution in [0.25, 0.3) is 0 Å². The maximum Gasteiger partial charge on any atom is 0.258 e. The van der Waals surface area contributed by atoms with E-state index < -0.39 is 17.5 Å². The molecular formula is C21H18F2N4O. The fraction of sp³-hybridized carbons (Fsp3) is 0.0952. The van der Waals surface area contributed by atoms with Gasteiger partial charge in [-0.3, -0.25) is 15.1 Å². The Kier molecular flexibility index (Phi) is 6.06. The van der Waals surface area contributed by atoms with E-state index in [0.717, 1.165) is 28.9 Å². The summed E-state index contributed by atoms with van der Waals surface area (Å²) in [5.41, 5.74) is 2.60. The molecule has 0 unspecified atom stereocenters. The Morgan fingerprint density at radius 3 is 2.64 bits per heavy atom. The number of hydrogen-bond acceptors (Lipinski definition) is 3. The van der Waals surface area contributed by atoms with Gasteiger partial charge in [0, 0.05) is 23.6 Å². The van der Waals surface area contributed by atoms with Crippen LogP contribution in [-0.2, 0) is 6.54 Å². The van der Waals surface area contributed by atoms with Gasteiger partial charge in [0.1, 0.15) is 0 Å². The second-order valence-corrected chi connectivity index (χ2v) is 6.10. The van der Waals surface area contributed by atoms with E-state index in [4.69, 9.17) is 0 Å². The number of guanidine groups is 1. The number of carbonyl (C=O) groups excluding carboxylic acids is 1. The molecule has 1 heterocycles. The highest BCUT2D eigenvalue weighted by atomic mass is 19.2. The number of carbonyl (C=O) groups is 1. The van der Waals surface area contributed by atoms with Crippen molar-refractivity contribution in [2.75, 3.05) is 5.32 Å². The number of aromatic nitrogens is 1. The minimum Gasteiger partial charge on any atom is -0.326 e. The maximum absolute atomic E-state index is 13.4. The molecule has 0 saturated carbocycles. The Balaban J connectivity index is 1.82. The number of nitrogens with zero attached hydrogens (tertiary/aromatic N) is 2. The molecule has 0 radical (unpaired) electrons. The molecule has 0 aliphatic carbocycles. The van der Waals surface area contributed by atoms with E-state index in [1.54, 1.807) is 18.5 Å². The number of nitrogens with one attached hydrogen (secondary N) is 2. The average molecular weight is 380 g/mol. The van der Waals surface area contributed by atoms with Gasteiger partial charge in [-0.1, -0.05) is 18.2 Å². The van der Waals surface area contributed by atoms with Crippen molar-refractivity contribution < 1.29 is 13.6 Å². The predicted molar refractivity (Wildman–Crippen MR) is 104 cm³/mol. The van der Waals surface area contributed by atoms with Crippen molar-refractivity contribution in [3.63, 3.8) is 0 Å². The van der Waals surface area contributed by atoms with E-state index in [9.17, 15) is 13.6 Å². The molecule has 0 saturated heterocycles. The minimum atomic E-state index is -1.09. The number of halogens is 2. The Hall–Kier alpha value is -3.61. The summed E-state index contributed by atoms with van der Waals surface area (Å²) in [6.07, 6.45) is 3.33. The van der Waals surface area contributed by atoms with Gasteiger partial charge in [-0.15, -0.1) is 0 Å². The van der Waals surface area contributed by atoms with Crippen molar-refractivity contribution in [3.05, 3.63) is 95.3 Å². The van der Waals surface area contributed by atoms with Crippen molar-refractivity contribution >= 4 is 17.6 Å². The molecule has 142 valence electrons. The highest BCUT2D eigenvalue weighted by molar-refractivity contribution is 6.09. The van der Waals surface area contributed by atoms with Crippen molar-refractivity contribution in [2.24, 2.45) is 4.99 Å². The third kappa shape index (κ3) is 5.20. The van der Waals surface area contributed by atoms with E-state index in [1.807, 2.05) is 37.3 Å². The van der Waals surface area contributed by atoms with E-state index in [1.165, 1.54) is 6.07 Å². The molecule has 0 spiro atoms. The Labute approximate surface area is 161 Å². The first-order valence-electron chi connectivity index (χ1n) is 8.55. The zero-order chi connectivity index (χ0) is 19.9. The monoisotopic (exact) mass is 380 g/mol. The fourth-order valence-electron chi connectivity index (χ4n) is 2.45. The van der Waals surface area contributed by atoms with Gasteiger partial charge < -0.3 is 5.32 Å². The number of anilines is 1. The van der Waals surface area contributed by atoms with E-state index in [2.05, 4.69) is 20.6 Å². The first-order valence-corrected chi connectivity index (χ1v) is 8.55. The highest BCUT2D eigenvalue weighted by Gasteiger charge is 2.12. The lowest BCUT2D eigenvalue weighted by atomic mass is 10.2. The predicted octanol–water partition coefficient (Wildman–Crippen LogP) is 4.07. The van der Waals surface area contributed by atoms with Crippen LogP contribution in [0, 0.1) is 18.6 Å². The molecule has 3 aromatic rings. The van der Waals surface area contributed by atoms with E-state index in [0.29, 0.717) is 0 Å². The highest BCUT2D eigenvalue weighted by Crippen LogP contribution is 2.11. The number of pyridine rings is 1. The van der Waals surface area contributed by atoms with Gasteiger partial charge >= 0.3 is 0 Å². The Bertz CT molecular complexity index is 1010. The molecule has 2 N–H and O–H groups in total. The maximum atomic E-state index is 13.4. The smallest absolute Gasteiger partial charge is 0.258 e. The molecule has 0 bridgehead atoms. The molecular weight excluding hydrogens is 362 g/mol. The van der Waals surface area contributed by atoms with Crippen LogP contribution in [-0.4, -0.2) is 16.9 Å². The van der Waals surface area contributed by atoms with Gasteiger partial charge in [-0.25, -0.2) is 13.8 Å². The number of hydrogen-bond donors (Lipinski definition) is 2. The summed E-state index contributed by atoms with van der Waals surface area (Å²) in [6, 6.07) is 14.1. The standard InChI is InChI=1S/C21H18F2N4O/c1-14-4-2-6-17(10-14)26-21(25-13-15-5-3-9-24-12-15)27-20(28)16-7-8-18(22)19(23)11-16/h2-12H,13H2,1H3,(H2,25,26,27,28). The average Bonchev–Trinajstić information content (AvgIpc) is 2.69. The molecule has 7 heteroatoms. The largest absolute Gasteiger partial charge is 0.326 e. The molecule has 5 nitrogen and oxygen atoms in total. The molecule has 2 aromatic carbocycles. The number of amides is 1. The third-order valence-corrected chi connectivity index (χ3v) is 3.84. The molecule has 0 aliphatic heterocycles. The van der Waals surface area contributed by atoms with Crippen molar-refractivity contribution in [3.8, 4) is 0 Å². The van der Waals surface area contributed by atoms with Crippen LogP contribution < -0.4 is 10.6 Å². The summed E-state index contributed by atoms with van der Waals surface area (Å²) in [6.45, 7) is 2.22. The lowest BCUT2D eigenvalue weighted by molar-refractivity contribution is 0.0976. The lowest BCUT2D eigenvalue weighted by Gasteiger charge is -2.12. The number of benzene rings is 2. The van der Waals surface area contributed by atoms with Crippen LogP contribution in [0.4, 0.5) is 14.5 Å². The molecule has 1 aromatic heterocycles. The first-order chi connectivity index (χ1) is 13.5. The van der Waals surface area contributed by atoms with Gasteiger partial charge in [0.25, 0.3) is 5.91 Å². The van der Waals surface area contributed by atoms with Crippen molar-refractivity contribution in [1.29, 1.82) is 0 Å². The van der Waals surface area contributed by atoms with Crippen LogP contribution in [0.1, 0.15) is 21.5 Å². The van der Waals surface area contributed by atoms with E-state index >= 15 is 0 Å². The van der Waals surface area contributed by atoms with Crippen LogP contribution >= 0.6 is 0 Å². The van der Waals surface area contributed by atoms with E-state index in [-0.39, 0.29) is 18.1 Å². The van der Waals surface area contributed by atoms with Crippen molar-refractivity contribution in [1.82, 2.24) is 10.3 Å². The lowest BCUT2D eigenvalue weighted by Crippen LogP contribution is -2.36. The summed E-state index contributed by atoms with van der Waals surface area (Å²) in [4.78, 5) is 20.9. The number of aryl methyl sites for hydroxylation is 1. The molecule has 1 amide bonds. The van der Waals surface area contributed by atoms with Gasteiger partial charge in [-0.05, 0) is 54.4 Å². The number of rotatable bonds is 4. The summed E-state index contributed by atoms with van der Waals surface area (Å²) in [7, 11) is 0. The second kappa shape index (κ2) is 8.85. The molecule has 28 heavy (non-hydrogen) atoms. The Morgan fingerprint density at radius 2 is 1.93 bits per heavy atom. The summed E-state index contributed by atoms with van der Waals surface area (Å²) < 4.78 is 26.5. The van der Waals surface area contributed by atoms with Crippen LogP contribution in [0.2, 0.25) is 0 Å². The normalized spacial score (nSPS) is 11.2.